The summed E-state index contributed by atoms with van der Waals surface area (Å²) in [6.07, 6.45) is 2.82. The minimum atomic E-state index is -0.597. The average Bonchev–Trinajstić information content (AvgIpc) is 2.31. The lowest BCUT2D eigenvalue weighted by Crippen LogP contribution is -2.41. The van der Waals surface area contributed by atoms with E-state index in [2.05, 4.69) is 10.1 Å². The van der Waals surface area contributed by atoms with Crippen molar-refractivity contribution < 1.29 is 14.3 Å². The lowest BCUT2D eigenvalue weighted by molar-refractivity contribution is -0.145. The molecule has 0 aliphatic rings. The molecule has 0 saturated heterocycles. The molecule has 0 aromatic heterocycles. The molecular weight excluding hydrogens is 232 g/mol. The minimum Gasteiger partial charge on any atom is -0.467 e. The van der Waals surface area contributed by atoms with Crippen LogP contribution in [0.3, 0.4) is 0 Å². The van der Waals surface area contributed by atoms with Gasteiger partial charge in [-0.3, -0.25) is 4.79 Å². The number of hydrogen-bond donors (Lipinski definition) is 1. The second-order valence-corrected chi connectivity index (χ2v) is 4.65. The molecule has 0 aliphatic heterocycles. The molecule has 0 unspecified atom stereocenters. The number of nitrogens with zero attached hydrogens (tertiary/aromatic N) is 1. The Morgan fingerprint density at radius 2 is 2.00 bits per heavy atom. The van der Waals surface area contributed by atoms with Gasteiger partial charge < -0.3 is 10.1 Å². The van der Waals surface area contributed by atoms with Gasteiger partial charge in [0, 0.05) is 12.8 Å². The number of hydrogen-bond acceptors (Lipinski definition) is 4. The van der Waals surface area contributed by atoms with E-state index in [1.165, 1.54) is 7.11 Å². The lowest BCUT2D eigenvalue weighted by Gasteiger charge is -2.16. The van der Waals surface area contributed by atoms with Crippen molar-refractivity contribution >= 4 is 11.9 Å². The zero-order valence-corrected chi connectivity index (χ0v) is 11.4. The Hall–Kier alpha value is -1.57. The molecule has 0 rings (SSSR count). The van der Waals surface area contributed by atoms with Crippen LogP contribution in [-0.4, -0.2) is 25.0 Å². The van der Waals surface area contributed by atoms with Gasteiger partial charge in [-0.15, -0.1) is 0 Å². The molecule has 102 valence electrons. The first-order chi connectivity index (χ1) is 8.51. The Morgan fingerprint density at radius 3 is 2.50 bits per heavy atom. The van der Waals surface area contributed by atoms with Gasteiger partial charge in [0.2, 0.25) is 5.91 Å². The second-order valence-electron chi connectivity index (χ2n) is 4.65. The first kappa shape index (κ1) is 16.4. The summed E-state index contributed by atoms with van der Waals surface area (Å²) in [4.78, 5) is 23.1. The minimum absolute atomic E-state index is 0.138. The Kier molecular flexibility index (Phi) is 8.63. The third-order valence-electron chi connectivity index (χ3n) is 2.45. The summed E-state index contributed by atoms with van der Waals surface area (Å²) in [6.45, 7) is 3.89. The molecule has 0 fully saturated rings. The van der Waals surface area contributed by atoms with Gasteiger partial charge in [0.25, 0.3) is 0 Å². The SMILES string of the molecule is COC(=O)[C@H](CCCCC#N)NC(=O)CC(C)C. The van der Waals surface area contributed by atoms with Crippen molar-refractivity contribution in [2.24, 2.45) is 5.92 Å². The summed E-state index contributed by atoms with van der Waals surface area (Å²) < 4.78 is 4.66. The molecule has 18 heavy (non-hydrogen) atoms. The Balaban J connectivity index is 4.19. The number of ether oxygens (including phenoxy) is 1. The van der Waals surface area contributed by atoms with Crippen LogP contribution in [0.1, 0.15) is 46.0 Å². The summed E-state index contributed by atoms with van der Waals surface area (Å²) in [5.41, 5.74) is 0. The first-order valence-corrected chi connectivity index (χ1v) is 6.25. The number of methoxy groups -OCH3 is 1. The van der Waals surface area contributed by atoms with E-state index in [9.17, 15) is 9.59 Å². The van der Waals surface area contributed by atoms with Crippen LogP contribution in [0, 0.1) is 17.2 Å². The maximum atomic E-state index is 11.6. The van der Waals surface area contributed by atoms with Crippen LogP contribution in [0.2, 0.25) is 0 Å². The van der Waals surface area contributed by atoms with E-state index < -0.39 is 12.0 Å². The van der Waals surface area contributed by atoms with Gasteiger partial charge >= 0.3 is 5.97 Å². The fourth-order valence-electron chi connectivity index (χ4n) is 1.57. The maximum Gasteiger partial charge on any atom is 0.328 e. The number of carbonyl (C=O) groups is 2. The number of nitrogens with one attached hydrogen (secondary N) is 1. The smallest absolute Gasteiger partial charge is 0.328 e. The predicted octanol–water partition coefficient (Wildman–Crippen LogP) is 1.77. The molecule has 1 amide bonds. The Bertz CT molecular complexity index is 308. The highest BCUT2D eigenvalue weighted by Crippen LogP contribution is 2.06. The fraction of sp³-hybridized carbons (Fsp3) is 0.769. The standard InChI is InChI=1S/C13H22N2O3/c1-10(2)9-12(16)15-11(13(17)18-3)7-5-4-6-8-14/h10-11H,4-7,9H2,1-3H3,(H,15,16)/t11-/m0/s1. The highest BCUT2D eigenvalue weighted by molar-refractivity contribution is 5.84. The number of rotatable bonds is 8. The number of nitriles is 1. The summed E-state index contributed by atoms with van der Waals surface area (Å²) in [5, 5.41) is 11.1. The quantitative estimate of drug-likeness (QED) is 0.529. The van der Waals surface area contributed by atoms with Crippen molar-refractivity contribution in [2.75, 3.05) is 7.11 Å². The van der Waals surface area contributed by atoms with Crippen LogP contribution in [-0.2, 0) is 14.3 Å². The topological polar surface area (TPSA) is 79.2 Å². The van der Waals surface area contributed by atoms with Crippen molar-refractivity contribution in [3.63, 3.8) is 0 Å². The fourth-order valence-corrected chi connectivity index (χ4v) is 1.57. The van der Waals surface area contributed by atoms with Crippen molar-refractivity contribution in [3.8, 4) is 6.07 Å². The van der Waals surface area contributed by atoms with Crippen molar-refractivity contribution in [1.82, 2.24) is 5.32 Å². The molecule has 0 aromatic carbocycles. The number of amides is 1. The lowest BCUT2D eigenvalue weighted by atomic mass is 10.1. The van der Waals surface area contributed by atoms with E-state index in [4.69, 9.17) is 5.26 Å². The van der Waals surface area contributed by atoms with Gasteiger partial charge in [-0.2, -0.15) is 5.26 Å². The van der Waals surface area contributed by atoms with Gasteiger partial charge in [0.05, 0.1) is 13.2 Å². The van der Waals surface area contributed by atoms with Crippen LogP contribution < -0.4 is 5.32 Å². The molecule has 0 spiro atoms. The van der Waals surface area contributed by atoms with Crippen molar-refractivity contribution in [2.45, 2.75) is 52.0 Å². The van der Waals surface area contributed by atoms with E-state index in [0.29, 0.717) is 19.3 Å². The molecular formula is C13H22N2O3. The van der Waals surface area contributed by atoms with Crippen LogP contribution in [0.5, 0.6) is 0 Å². The first-order valence-electron chi connectivity index (χ1n) is 6.25. The zero-order chi connectivity index (χ0) is 14.0. The second kappa shape index (κ2) is 9.46. The zero-order valence-electron chi connectivity index (χ0n) is 11.4. The van der Waals surface area contributed by atoms with Crippen LogP contribution in [0.15, 0.2) is 0 Å². The molecule has 0 aliphatic carbocycles. The Labute approximate surface area is 108 Å². The monoisotopic (exact) mass is 254 g/mol. The molecule has 0 bridgehead atoms. The summed E-state index contributed by atoms with van der Waals surface area (Å²) >= 11 is 0. The third-order valence-corrected chi connectivity index (χ3v) is 2.45. The molecule has 5 heteroatoms. The largest absolute Gasteiger partial charge is 0.467 e. The average molecular weight is 254 g/mol. The molecule has 0 saturated carbocycles. The highest BCUT2D eigenvalue weighted by atomic mass is 16.5. The van der Waals surface area contributed by atoms with Crippen LogP contribution >= 0.6 is 0 Å². The van der Waals surface area contributed by atoms with Gasteiger partial charge in [0.15, 0.2) is 0 Å². The highest BCUT2D eigenvalue weighted by Gasteiger charge is 2.21. The number of carbonyl (C=O) groups excluding carboxylic acids is 2. The summed E-state index contributed by atoms with van der Waals surface area (Å²) in [7, 11) is 1.30. The molecule has 1 atom stereocenters. The maximum absolute atomic E-state index is 11.6. The van der Waals surface area contributed by atoms with E-state index in [1.807, 2.05) is 19.9 Å². The van der Waals surface area contributed by atoms with E-state index in [1.54, 1.807) is 0 Å². The molecule has 1 N–H and O–H groups in total. The van der Waals surface area contributed by atoms with Gasteiger partial charge in [-0.05, 0) is 25.2 Å². The van der Waals surface area contributed by atoms with E-state index in [0.717, 1.165) is 12.8 Å². The molecule has 0 radical (unpaired) electrons. The number of unbranched alkanes of at least 4 members (excludes halogenated alkanes) is 2. The van der Waals surface area contributed by atoms with E-state index >= 15 is 0 Å². The van der Waals surface area contributed by atoms with Crippen molar-refractivity contribution in [3.05, 3.63) is 0 Å². The summed E-state index contributed by atoms with van der Waals surface area (Å²) in [6, 6.07) is 1.45. The molecule has 5 nitrogen and oxygen atoms in total. The normalized spacial score (nSPS) is 11.7. The molecule has 0 aromatic rings. The van der Waals surface area contributed by atoms with Gasteiger partial charge in [0.1, 0.15) is 6.04 Å². The van der Waals surface area contributed by atoms with Gasteiger partial charge in [-0.25, -0.2) is 4.79 Å². The number of esters is 1. The summed E-state index contributed by atoms with van der Waals surface area (Å²) in [5.74, 6) is -0.313. The molecule has 0 heterocycles. The Morgan fingerprint density at radius 1 is 1.33 bits per heavy atom. The van der Waals surface area contributed by atoms with Gasteiger partial charge in [-0.1, -0.05) is 13.8 Å². The third kappa shape index (κ3) is 7.66. The van der Waals surface area contributed by atoms with Crippen molar-refractivity contribution in [1.29, 1.82) is 5.26 Å². The van der Waals surface area contributed by atoms with Crippen LogP contribution in [0.4, 0.5) is 0 Å². The van der Waals surface area contributed by atoms with Crippen LogP contribution in [0.25, 0.3) is 0 Å². The predicted molar refractivity (Wildman–Crippen MR) is 67.5 cm³/mol. The van der Waals surface area contributed by atoms with E-state index in [-0.39, 0.29) is 11.8 Å².